The van der Waals surface area contributed by atoms with Crippen LogP contribution < -0.4 is 10.1 Å². The normalized spacial score (nSPS) is 14.8. The molecule has 39 heavy (non-hydrogen) atoms. The van der Waals surface area contributed by atoms with Crippen LogP contribution in [0.2, 0.25) is 0 Å². The van der Waals surface area contributed by atoms with E-state index in [-0.39, 0.29) is 36.4 Å². The Labute approximate surface area is 235 Å². The first kappa shape index (κ1) is 28.9. The Kier molecular flexibility index (Phi) is 9.83. The fourth-order valence-electron chi connectivity index (χ4n) is 4.81. The number of esters is 1. The van der Waals surface area contributed by atoms with E-state index < -0.39 is 0 Å². The van der Waals surface area contributed by atoms with E-state index in [1.54, 1.807) is 18.9 Å². The van der Waals surface area contributed by atoms with Crippen molar-refractivity contribution in [2.75, 3.05) is 37.0 Å². The molecule has 1 atom stereocenters. The third-order valence-electron chi connectivity index (χ3n) is 7.12. The van der Waals surface area contributed by atoms with Crippen LogP contribution in [0.5, 0.6) is 5.75 Å². The van der Waals surface area contributed by atoms with E-state index in [1.807, 2.05) is 48.2 Å². The molecule has 1 aromatic heterocycles. The number of rotatable bonds is 11. The van der Waals surface area contributed by atoms with Crippen molar-refractivity contribution in [3.05, 3.63) is 59.4 Å². The van der Waals surface area contributed by atoms with Crippen LogP contribution in [0.15, 0.2) is 46.9 Å². The predicted octanol–water partition coefficient (Wildman–Crippen LogP) is 6.85. The van der Waals surface area contributed by atoms with E-state index >= 15 is 0 Å². The van der Waals surface area contributed by atoms with Crippen molar-refractivity contribution in [3.8, 4) is 5.75 Å². The minimum atomic E-state index is -0.301. The molecule has 0 radical (unpaired) electrons. The standard InChI is InChI=1S/C31H40N2O5S/c1-6-36-28(34)13-16-33(5)31(35)22-7-9-23(10-8-22)32-29(20(2)3)30-21(4)26-19-25(11-12-27(26)38-30)37-24-14-17-39-18-15-24/h7-12,19-20,24,29,32H,6,13-18H2,1-5H3. The number of anilines is 1. The summed E-state index contributed by atoms with van der Waals surface area (Å²) < 4.78 is 17.6. The van der Waals surface area contributed by atoms with Gasteiger partial charge in [-0.2, -0.15) is 11.8 Å². The number of thioether (sulfide) groups is 1. The fraction of sp³-hybridized carbons (Fsp3) is 0.484. The summed E-state index contributed by atoms with van der Waals surface area (Å²) >= 11 is 2.00. The Bertz CT molecular complexity index is 1260. The van der Waals surface area contributed by atoms with Crippen LogP contribution in [-0.4, -0.2) is 54.6 Å². The number of nitrogens with zero attached hydrogens (tertiary/aromatic N) is 1. The number of carbonyl (C=O) groups excluding carboxylic acids is 2. The molecule has 1 saturated heterocycles. The van der Waals surface area contributed by atoms with Crippen molar-refractivity contribution < 1.29 is 23.5 Å². The van der Waals surface area contributed by atoms with E-state index in [0.717, 1.165) is 58.1 Å². The van der Waals surface area contributed by atoms with Crippen LogP contribution >= 0.6 is 11.8 Å². The van der Waals surface area contributed by atoms with Crippen LogP contribution in [0.1, 0.15) is 67.8 Å². The highest BCUT2D eigenvalue weighted by molar-refractivity contribution is 7.99. The third-order valence-corrected chi connectivity index (χ3v) is 8.17. The van der Waals surface area contributed by atoms with Crippen molar-refractivity contribution in [3.63, 3.8) is 0 Å². The number of hydrogen-bond acceptors (Lipinski definition) is 7. The molecule has 3 aromatic rings. The van der Waals surface area contributed by atoms with E-state index in [1.165, 1.54) is 0 Å². The zero-order valence-electron chi connectivity index (χ0n) is 23.6. The van der Waals surface area contributed by atoms with E-state index in [9.17, 15) is 9.59 Å². The summed E-state index contributed by atoms with van der Waals surface area (Å²) in [6, 6.07) is 13.5. The number of nitrogens with one attached hydrogen (secondary N) is 1. The van der Waals surface area contributed by atoms with Gasteiger partial charge in [0.2, 0.25) is 0 Å². The molecule has 210 valence electrons. The smallest absolute Gasteiger partial charge is 0.307 e. The number of hydrogen-bond donors (Lipinski definition) is 1. The molecule has 0 saturated carbocycles. The first-order valence-electron chi connectivity index (χ1n) is 13.8. The summed E-state index contributed by atoms with van der Waals surface area (Å²) in [5.41, 5.74) is 3.43. The summed E-state index contributed by atoms with van der Waals surface area (Å²) in [5.74, 6) is 3.95. The monoisotopic (exact) mass is 552 g/mol. The first-order valence-corrected chi connectivity index (χ1v) is 15.0. The molecule has 1 unspecified atom stereocenters. The molecular weight excluding hydrogens is 512 g/mol. The lowest BCUT2D eigenvalue weighted by molar-refractivity contribution is -0.143. The average molecular weight is 553 g/mol. The number of fused-ring (bicyclic) bond motifs is 1. The lowest BCUT2D eigenvalue weighted by Crippen LogP contribution is -2.29. The highest BCUT2D eigenvalue weighted by Crippen LogP contribution is 2.37. The lowest BCUT2D eigenvalue weighted by Gasteiger charge is -2.23. The third kappa shape index (κ3) is 7.29. The van der Waals surface area contributed by atoms with Crippen molar-refractivity contribution >= 4 is 40.3 Å². The first-order chi connectivity index (χ1) is 18.8. The van der Waals surface area contributed by atoms with E-state index in [0.29, 0.717) is 18.7 Å². The zero-order chi connectivity index (χ0) is 27.9. The molecule has 4 rings (SSSR count). The zero-order valence-corrected chi connectivity index (χ0v) is 24.4. The SMILES string of the molecule is CCOC(=O)CCN(C)C(=O)c1ccc(NC(c2oc3ccc(OC4CCSCC4)cc3c2C)C(C)C)cc1. The van der Waals surface area contributed by atoms with Gasteiger partial charge in [0.1, 0.15) is 23.2 Å². The number of carbonyl (C=O) groups is 2. The summed E-state index contributed by atoms with van der Waals surface area (Å²) in [4.78, 5) is 26.0. The van der Waals surface area contributed by atoms with Gasteiger partial charge < -0.3 is 24.1 Å². The molecule has 7 nitrogen and oxygen atoms in total. The van der Waals surface area contributed by atoms with Crippen LogP contribution in [0.25, 0.3) is 11.0 Å². The number of benzene rings is 2. The maximum Gasteiger partial charge on any atom is 0.307 e. The topological polar surface area (TPSA) is 81.0 Å². The molecule has 2 aromatic carbocycles. The van der Waals surface area contributed by atoms with Gasteiger partial charge >= 0.3 is 5.97 Å². The highest BCUT2D eigenvalue weighted by atomic mass is 32.2. The molecular formula is C31H40N2O5S. The molecule has 1 amide bonds. The van der Waals surface area contributed by atoms with Gasteiger partial charge in [-0.3, -0.25) is 9.59 Å². The summed E-state index contributed by atoms with van der Waals surface area (Å²) in [7, 11) is 1.69. The summed E-state index contributed by atoms with van der Waals surface area (Å²) in [6.45, 7) is 8.85. The number of aryl methyl sites for hydroxylation is 1. The largest absolute Gasteiger partial charge is 0.490 e. The minimum absolute atomic E-state index is 0.0501. The van der Waals surface area contributed by atoms with Gasteiger partial charge in [-0.1, -0.05) is 13.8 Å². The van der Waals surface area contributed by atoms with E-state index in [2.05, 4.69) is 32.2 Å². The average Bonchev–Trinajstić information content (AvgIpc) is 3.26. The molecule has 0 bridgehead atoms. The molecule has 1 N–H and O–H groups in total. The molecule has 2 heterocycles. The van der Waals surface area contributed by atoms with Crippen LogP contribution in [-0.2, 0) is 9.53 Å². The van der Waals surface area contributed by atoms with E-state index in [4.69, 9.17) is 13.9 Å². The quantitative estimate of drug-likeness (QED) is 0.261. The van der Waals surface area contributed by atoms with Crippen LogP contribution in [0, 0.1) is 12.8 Å². The van der Waals surface area contributed by atoms with Crippen LogP contribution in [0.4, 0.5) is 5.69 Å². The minimum Gasteiger partial charge on any atom is -0.490 e. The summed E-state index contributed by atoms with van der Waals surface area (Å²) in [5, 5.41) is 4.69. The van der Waals surface area contributed by atoms with Crippen molar-refractivity contribution in [2.45, 2.75) is 59.1 Å². The number of furan rings is 1. The fourth-order valence-corrected chi connectivity index (χ4v) is 5.88. The molecule has 1 aliphatic heterocycles. The van der Waals surface area contributed by atoms with Gasteiger partial charge in [-0.25, -0.2) is 0 Å². The highest BCUT2D eigenvalue weighted by Gasteiger charge is 2.24. The van der Waals surface area contributed by atoms with Crippen LogP contribution in [0.3, 0.4) is 0 Å². The van der Waals surface area contributed by atoms with Gasteiger partial charge in [0, 0.05) is 35.8 Å². The van der Waals surface area contributed by atoms with Gasteiger partial charge in [0.05, 0.1) is 19.1 Å². The van der Waals surface area contributed by atoms with Gasteiger partial charge in [-0.05, 0) is 86.6 Å². The molecule has 0 aliphatic carbocycles. The molecule has 8 heteroatoms. The molecule has 1 fully saturated rings. The number of ether oxygens (including phenoxy) is 2. The number of amides is 1. The maximum absolute atomic E-state index is 12.8. The Morgan fingerprint density at radius 2 is 1.85 bits per heavy atom. The predicted molar refractivity (Wildman–Crippen MR) is 158 cm³/mol. The van der Waals surface area contributed by atoms with Crippen molar-refractivity contribution in [2.24, 2.45) is 5.92 Å². The van der Waals surface area contributed by atoms with Gasteiger partial charge in [0.25, 0.3) is 5.91 Å². The molecule has 1 aliphatic rings. The van der Waals surface area contributed by atoms with Gasteiger partial charge in [0.15, 0.2) is 0 Å². The van der Waals surface area contributed by atoms with Gasteiger partial charge in [-0.15, -0.1) is 0 Å². The van der Waals surface area contributed by atoms with Crippen molar-refractivity contribution in [1.82, 2.24) is 4.90 Å². The lowest BCUT2D eigenvalue weighted by atomic mass is 9.97. The summed E-state index contributed by atoms with van der Waals surface area (Å²) in [6.07, 6.45) is 2.64. The molecule has 0 spiro atoms. The Morgan fingerprint density at radius 1 is 1.13 bits per heavy atom. The Balaban J connectivity index is 1.45. The second kappa shape index (κ2) is 13.3. The maximum atomic E-state index is 12.8. The Hall–Kier alpha value is -3.13. The second-order valence-corrected chi connectivity index (χ2v) is 11.6. The second-order valence-electron chi connectivity index (χ2n) is 10.4. The Morgan fingerprint density at radius 3 is 2.51 bits per heavy atom. The van der Waals surface area contributed by atoms with Crippen molar-refractivity contribution in [1.29, 1.82) is 0 Å².